The molecule has 9 nitrogen and oxygen atoms in total. The van der Waals surface area contributed by atoms with Crippen molar-refractivity contribution in [2.24, 2.45) is 0 Å². The van der Waals surface area contributed by atoms with Gasteiger partial charge in [0.25, 0.3) is 5.91 Å². The van der Waals surface area contributed by atoms with Gasteiger partial charge in [0.15, 0.2) is 0 Å². The van der Waals surface area contributed by atoms with Gasteiger partial charge in [0.2, 0.25) is 5.95 Å². The van der Waals surface area contributed by atoms with Crippen molar-refractivity contribution in [1.82, 2.24) is 29.7 Å². The number of nitrogens with zero attached hydrogens (tertiary/aromatic N) is 6. The van der Waals surface area contributed by atoms with Crippen molar-refractivity contribution >= 4 is 34.4 Å². The number of hydrogen-bond acceptors (Lipinski definition) is 7. The van der Waals surface area contributed by atoms with Gasteiger partial charge in [-0.05, 0) is 31.0 Å². The zero-order valence-corrected chi connectivity index (χ0v) is 18.7. The summed E-state index contributed by atoms with van der Waals surface area (Å²) in [6, 6.07) is 6.39. The molecule has 0 radical (unpaired) electrons. The molecular weight excluding hydrogens is 404 g/mol. The lowest BCUT2D eigenvalue weighted by Crippen LogP contribution is -2.43. The van der Waals surface area contributed by atoms with Crippen LogP contribution in [0.25, 0.3) is 11.0 Å². The van der Waals surface area contributed by atoms with E-state index >= 15 is 0 Å². The van der Waals surface area contributed by atoms with Crippen molar-refractivity contribution in [2.45, 2.75) is 31.7 Å². The van der Waals surface area contributed by atoms with Gasteiger partial charge in [-0.3, -0.25) is 4.79 Å². The Morgan fingerprint density at radius 1 is 1.12 bits per heavy atom. The molecule has 2 fully saturated rings. The maximum Gasteiger partial charge on any atom is 0.272 e. The first-order valence-electron chi connectivity index (χ1n) is 11.4. The first kappa shape index (κ1) is 20.7. The number of pyridine rings is 1. The number of hydrogen-bond donors (Lipinski definition) is 2. The van der Waals surface area contributed by atoms with Gasteiger partial charge < -0.3 is 25.0 Å². The highest BCUT2D eigenvalue weighted by atomic mass is 16.2. The van der Waals surface area contributed by atoms with Gasteiger partial charge >= 0.3 is 0 Å². The first-order valence-corrected chi connectivity index (χ1v) is 11.4. The zero-order valence-electron chi connectivity index (χ0n) is 18.7. The van der Waals surface area contributed by atoms with E-state index in [1.165, 1.54) is 12.8 Å². The largest absolute Gasteiger partial charge is 0.368 e. The molecule has 1 amide bonds. The summed E-state index contributed by atoms with van der Waals surface area (Å²) in [6.07, 6.45) is 8.66. The number of carbonyl (C=O) groups excluding carboxylic acids is 1. The lowest BCUT2D eigenvalue weighted by atomic mass is 10.2. The van der Waals surface area contributed by atoms with Crippen LogP contribution in [0.15, 0.2) is 30.6 Å². The quantitative estimate of drug-likeness (QED) is 0.638. The molecular formula is C23H30N8O. The molecule has 3 aromatic heterocycles. The average molecular weight is 435 g/mol. The fraction of sp³-hybridized carbons (Fsp3) is 0.478. The third-order valence-corrected chi connectivity index (χ3v) is 6.37. The molecule has 0 unspecified atom stereocenters. The van der Waals surface area contributed by atoms with Crippen molar-refractivity contribution in [2.75, 3.05) is 50.5 Å². The van der Waals surface area contributed by atoms with E-state index in [9.17, 15) is 4.79 Å². The lowest BCUT2D eigenvalue weighted by Gasteiger charge is -2.29. The van der Waals surface area contributed by atoms with E-state index in [2.05, 4.69) is 36.1 Å². The molecule has 4 heterocycles. The minimum Gasteiger partial charge on any atom is -0.368 e. The van der Waals surface area contributed by atoms with E-state index in [-0.39, 0.29) is 5.91 Å². The Bertz CT molecular complexity index is 1100. The van der Waals surface area contributed by atoms with Crippen LogP contribution in [0.5, 0.6) is 0 Å². The Labute approximate surface area is 187 Å². The van der Waals surface area contributed by atoms with Crippen LogP contribution in [0.4, 0.5) is 17.5 Å². The van der Waals surface area contributed by atoms with Gasteiger partial charge in [-0.25, -0.2) is 9.97 Å². The van der Waals surface area contributed by atoms with E-state index in [0.717, 1.165) is 55.7 Å². The number of anilines is 3. The molecule has 5 rings (SSSR count). The third kappa shape index (κ3) is 4.00. The van der Waals surface area contributed by atoms with E-state index in [1.807, 2.05) is 24.5 Å². The van der Waals surface area contributed by atoms with Gasteiger partial charge in [-0.1, -0.05) is 12.8 Å². The van der Waals surface area contributed by atoms with Crippen molar-refractivity contribution in [1.29, 1.82) is 0 Å². The predicted octanol–water partition coefficient (Wildman–Crippen LogP) is 2.80. The van der Waals surface area contributed by atoms with Crippen molar-refractivity contribution in [3.8, 4) is 0 Å². The van der Waals surface area contributed by atoms with Crippen LogP contribution < -0.4 is 15.5 Å². The topological polar surface area (TPSA) is 91.2 Å². The molecule has 32 heavy (non-hydrogen) atoms. The lowest BCUT2D eigenvalue weighted by molar-refractivity contribution is 0.0824. The number of carbonyl (C=O) groups is 1. The Kier molecular flexibility index (Phi) is 5.65. The number of nitrogens with one attached hydrogen (secondary N) is 2. The van der Waals surface area contributed by atoms with Gasteiger partial charge in [-0.15, -0.1) is 0 Å². The van der Waals surface area contributed by atoms with E-state index in [1.54, 1.807) is 19.0 Å². The fourth-order valence-corrected chi connectivity index (χ4v) is 4.63. The van der Waals surface area contributed by atoms with Crippen LogP contribution in [0, 0.1) is 0 Å². The SMILES string of the molecule is CN(C)C(=O)c1nc(Nc2ccc(N3CCNCC3)cn2)nc2c1ccn2C1CCCC1. The van der Waals surface area contributed by atoms with Crippen molar-refractivity contribution in [3.05, 3.63) is 36.3 Å². The molecule has 1 aliphatic heterocycles. The molecule has 2 aliphatic rings. The summed E-state index contributed by atoms with van der Waals surface area (Å²) >= 11 is 0. The maximum absolute atomic E-state index is 12.9. The van der Waals surface area contributed by atoms with Crippen molar-refractivity contribution in [3.63, 3.8) is 0 Å². The van der Waals surface area contributed by atoms with E-state index < -0.39 is 0 Å². The summed E-state index contributed by atoms with van der Waals surface area (Å²) in [5.74, 6) is 0.917. The molecule has 9 heteroatoms. The Balaban J connectivity index is 1.47. The normalized spacial score (nSPS) is 17.1. The minimum atomic E-state index is -0.133. The summed E-state index contributed by atoms with van der Waals surface area (Å²) in [7, 11) is 3.49. The number of fused-ring (bicyclic) bond motifs is 1. The molecule has 0 aromatic carbocycles. The minimum absolute atomic E-state index is 0.133. The summed E-state index contributed by atoms with van der Waals surface area (Å²) in [6.45, 7) is 3.92. The summed E-state index contributed by atoms with van der Waals surface area (Å²) in [5, 5.41) is 7.38. The van der Waals surface area contributed by atoms with Crippen LogP contribution in [-0.4, -0.2) is 70.6 Å². The van der Waals surface area contributed by atoms with Gasteiger partial charge in [0.1, 0.15) is 17.2 Å². The third-order valence-electron chi connectivity index (χ3n) is 6.37. The second-order valence-electron chi connectivity index (χ2n) is 8.76. The first-order chi connectivity index (χ1) is 15.6. The maximum atomic E-state index is 12.9. The monoisotopic (exact) mass is 434 g/mol. The van der Waals surface area contributed by atoms with E-state index in [4.69, 9.17) is 4.98 Å². The number of rotatable bonds is 5. The van der Waals surface area contributed by atoms with Crippen molar-refractivity contribution < 1.29 is 4.79 Å². The fourth-order valence-electron chi connectivity index (χ4n) is 4.63. The predicted molar refractivity (Wildman–Crippen MR) is 126 cm³/mol. The Hall–Kier alpha value is -3.20. The highest BCUT2D eigenvalue weighted by Gasteiger charge is 2.23. The second kappa shape index (κ2) is 8.74. The molecule has 2 N–H and O–H groups in total. The Morgan fingerprint density at radius 2 is 1.91 bits per heavy atom. The van der Waals surface area contributed by atoms with Crippen LogP contribution in [0.3, 0.4) is 0 Å². The average Bonchev–Trinajstić information content (AvgIpc) is 3.49. The van der Waals surface area contributed by atoms with Crippen LogP contribution >= 0.6 is 0 Å². The van der Waals surface area contributed by atoms with Crippen LogP contribution in [-0.2, 0) is 0 Å². The highest BCUT2D eigenvalue weighted by Crippen LogP contribution is 2.33. The summed E-state index contributed by atoms with van der Waals surface area (Å²) in [4.78, 5) is 30.7. The van der Waals surface area contributed by atoms with Gasteiger partial charge in [0.05, 0.1) is 17.3 Å². The van der Waals surface area contributed by atoms with E-state index in [0.29, 0.717) is 23.5 Å². The molecule has 3 aromatic rings. The molecule has 168 valence electrons. The summed E-state index contributed by atoms with van der Waals surface area (Å²) in [5.41, 5.74) is 2.32. The molecule has 1 saturated carbocycles. The standard InChI is InChI=1S/C23H30N8O/c1-29(2)22(32)20-18-9-12-31(16-5-3-4-6-16)21(18)28-23(27-20)26-19-8-7-17(15-25-19)30-13-10-24-11-14-30/h7-9,12,15-16,24H,3-6,10-11,13-14H2,1-2H3,(H,25,26,27,28). The van der Waals surface area contributed by atoms with Gasteiger partial charge in [-0.2, -0.15) is 4.98 Å². The van der Waals surface area contributed by atoms with Crippen LogP contribution in [0.1, 0.15) is 42.2 Å². The number of aromatic nitrogens is 4. The molecule has 1 aliphatic carbocycles. The van der Waals surface area contributed by atoms with Crippen LogP contribution in [0.2, 0.25) is 0 Å². The smallest absolute Gasteiger partial charge is 0.272 e. The zero-order chi connectivity index (χ0) is 22.1. The summed E-state index contributed by atoms with van der Waals surface area (Å²) < 4.78 is 2.21. The molecule has 0 spiro atoms. The molecule has 1 saturated heterocycles. The second-order valence-corrected chi connectivity index (χ2v) is 8.76. The Morgan fingerprint density at radius 3 is 2.59 bits per heavy atom. The number of amides is 1. The molecule has 0 atom stereocenters. The highest BCUT2D eigenvalue weighted by molar-refractivity contribution is 6.04. The molecule has 0 bridgehead atoms. The van der Waals surface area contributed by atoms with Gasteiger partial charge in [0, 0.05) is 52.5 Å². The number of piperazine rings is 1.